The Morgan fingerprint density at radius 1 is 0.970 bits per heavy atom. The number of carbonyl (C=O) groups is 1. The van der Waals surface area contributed by atoms with Crippen LogP contribution in [-0.4, -0.2) is 47.8 Å². The molecule has 2 aromatic heterocycles. The minimum absolute atomic E-state index is 0.151. The van der Waals surface area contributed by atoms with E-state index in [1.165, 1.54) is 11.8 Å². The highest BCUT2D eigenvalue weighted by Crippen LogP contribution is 2.31. The summed E-state index contributed by atoms with van der Waals surface area (Å²) < 4.78 is 17.7. The van der Waals surface area contributed by atoms with Gasteiger partial charge >= 0.3 is 0 Å². The molecule has 0 fully saturated rings. The molecule has 0 aliphatic heterocycles. The number of methoxy groups -OCH3 is 3. The number of benzene rings is 2. The van der Waals surface area contributed by atoms with Gasteiger partial charge in [-0.2, -0.15) is 0 Å². The van der Waals surface area contributed by atoms with Crippen molar-refractivity contribution in [3.8, 4) is 33.6 Å². The van der Waals surface area contributed by atoms with E-state index in [1.807, 2.05) is 46.3 Å². The molecule has 4 aromatic rings. The summed E-state index contributed by atoms with van der Waals surface area (Å²) in [5.74, 6) is 2.63. The van der Waals surface area contributed by atoms with Gasteiger partial charge in [-0.1, -0.05) is 17.8 Å². The molecule has 8 nitrogen and oxygen atoms in total. The van der Waals surface area contributed by atoms with E-state index in [1.54, 1.807) is 50.9 Å². The number of thioether (sulfide) groups is 1. The van der Waals surface area contributed by atoms with Crippen molar-refractivity contribution < 1.29 is 19.0 Å². The predicted molar refractivity (Wildman–Crippen MR) is 130 cm³/mol. The molecule has 1 amide bonds. The minimum Gasteiger partial charge on any atom is -0.497 e. The van der Waals surface area contributed by atoms with Crippen LogP contribution in [-0.2, 0) is 4.79 Å². The first-order valence-electron chi connectivity index (χ1n) is 9.90. The molecule has 0 bridgehead atoms. The highest BCUT2D eigenvalue weighted by atomic mass is 32.2. The van der Waals surface area contributed by atoms with Crippen LogP contribution in [0.1, 0.15) is 0 Å². The standard InChI is InChI=1S/C23H22N4O4S2/c1-29-17-8-6-16(7-9-17)27-22(20-5-4-10-32-20)25-26-23(27)33-14-21(28)24-15-11-18(30-2)13-19(12-15)31-3/h4-13H,14H2,1-3H3,(H,24,28). The topological polar surface area (TPSA) is 87.5 Å². The quantitative estimate of drug-likeness (QED) is 0.344. The Bertz CT molecular complexity index is 1200. The molecule has 0 aliphatic rings. The van der Waals surface area contributed by atoms with Gasteiger partial charge in [-0.05, 0) is 35.7 Å². The lowest BCUT2D eigenvalue weighted by Crippen LogP contribution is -2.14. The summed E-state index contributed by atoms with van der Waals surface area (Å²) in [6.45, 7) is 0. The Morgan fingerprint density at radius 3 is 2.27 bits per heavy atom. The van der Waals surface area contributed by atoms with Gasteiger partial charge in [0.1, 0.15) is 17.2 Å². The summed E-state index contributed by atoms with van der Waals surface area (Å²) in [7, 11) is 4.75. The van der Waals surface area contributed by atoms with E-state index in [9.17, 15) is 4.79 Å². The molecule has 1 N–H and O–H groups in total. The highest BCUT2D eigenvalue weighted by Gasteiger charge is 2.18. The summed E-state index contributed by atoms with van der Waals surface area (Å²) in [4.78, 5) is 13.7. The van der Waals surface area contributed by atoms with Gasteiger partial charge < -0.3 is 19.5 Å². The van der Waals surface area contributed by atoms with E-state index in [0.29, 0.717) is 22.3 Å². The molecule has 33 heavy (non-hydrogen) atoms. The zero-order valence-corrected chi connectivity index (χ0v) is 19.9. The normalized spacial score (nSPS) is 10.6. The number of nitrogens with one attached hydrogen (secondary N) is 1. The second kappa shape index (κ2) is 10.4. The summed E-state index contributed by atoms with van der Waals surface area (Å²) in [6.07, 6.45) is 0. The van der Waals surface area contributed by atoms with Crippen LogP contribution < -0.4 is 19.5 Å². The van der Waals surface area contributed by atoms with Crippen LogP contribution in [0, 0.1) is 0 Å². The average molecular weight is 483 g/mol. The second-order valence-electron chi connectivity index (χ2n) is 6.76. The van der Waals surface area contributed by atoms with Crippen LogP contribution in [0.2, 0.25) is 0 Å². The summed E-state index contributed by atoms with van der Waals surface area (Å²) in [5.41, 5.74) is 1.47. The first kappa shape index (κ1) is 22.7. The molecule has 0 aliphatic carbocycles. The number of ether oxygens (including phenoxy) is 3. The van der Waals surface area contributed by atoms with Crippen molar-refractivity contribution in [2.24, 2.45) is 0 Å². The lowest BCUT2D eigenvalue weighted by molar-refractivity contribution is -0.113. The Morgan fingerprint density at radius 2 is 1.67 bits per heavy atom. The number of anilines is 1. The number of amides is 1. The van der Waals surface area contributed by atoms with Gasteiger partial charge in [0.05, 0.1) is 37.6 Å². The number of nitrogens with zero attached hydrogens (tertiary/aromatic N) is 3. The maximum atomic E-state index is 12.7. The van der Waals surface area contributed by atoms with Crippen LogP contribution in [0.4, 0.5) is 5.69 Å². The Hall–Kier alpha value is -3.50. The number of hydrogen-bond acceptors (Lipinski definition) is 8. The highest BCUT2D eigenvalue weighted by molar-refractivity contribution is 7.99. The number of thiophene rings is 1. The number of hydrogen-bond donors (Lipinski definition) is 1. The summed E-state index contributed by atoms with van der Waals surface area (Å²) >= 11 is 2.88. The van der Waals surface area contributed by atoms with Crippen molar-refractivity contribution in [3.05, 3.63) is 60.0 Å². The van der Waals surface area contributed by atoms with Gasteiger partial charge in [0.25, 0.3) is 0 Å². The van der Waals surface area contributed by atoms with Gasteiger partial charge in [0, 0.05) is 23.9 Å². The van der Waals surface area contributed by atoms with Gasteiger partial charge in [-0.25, -0.2) is 0 Å². The maximum Gasteiger partial charge on any atom is 0.234 e. The Balaban J connectivity index is 1.55. The molecule has 0 radical (unpaired) electrons. The molecule has 0 spiro atoms. The monoisotopic (exact) mass is 482 g/mol. The van der Waals surface area contributed by atoms with Crippen LogP contribution >= 0.6 is 23.1 Å². The van der Waals surface area contributed by atoms with Gasteiger partial charge in [0.2, 0.25) is 5.91 Å². The van der Waals surface area contributed by atoms with E-state index in [2.05, 4.69) is 15.5 Å². The number of carbonyl (C=O) groups excluding carboxylic acids is 1. The van der Waals surface area contributed by atoms with Gasteiger partial charge in [0.15, 0.2) is 11.0 Å². The third-order valence-corrected chi connectivity index (χ3v) is 6.47. The first-order chi connectivity index (χ1) is 16.1. The number of rotatable bonds is 9. The molecule has 10 heteroatoms. The Labute approximate surface area is 199 Å². The summed E-state index contributed by atoms with van der Waals surface area (Å²) in [6, 6.07) is 16.8. The van der Waals surface area contributed by atoms with E-state index >= 15 is 0 Å². The molecule has 2 heterocycles. The molecule has 0 saturated heterocycles. The lowest BCUT2D eigenvalue weighted by atomic mass is 10.2. The summed E-state index contributed by atoms with van der Waals surface area (Å²) in [5, 5.41) is 14.2. The molecule has 170 valence electrons. The van der Waals surface area contributed by atoms with Crippen LogP contribution in [0.15, 0.2) is 65.1 Å². The van der Waals surface area contributed by atoms with Gasteiger partial charge in [-0.15, -0.1) is 21.5 Å². The van der Waals surface area contributed by atoms with Crippen molar-refractivity contribution in [1.82, 2.24) is 14.8 Å². The fourth-order valence-corrected chi connectivity index (χ4v) is 4.55. The van der Waals surface area contributed by atoms with E-state index in [-0.39, 0.29) is 11.7 Å². The molecule has 0 atom stereocenters. The molecular weight excluding hydrogens is 460 g/mol. The smallest absolute Gasteiger partial charge is 0.234 e. The molecular formula is C23H22N4O4S2. The number of aromatic nitrogens is 3. The van der Waals surface area contributed by atoms with Crippen molar-refractivity contribution in [2.75, 3.05) is 32.4 Å². The zero-order chi connectivity index (χ0) is 23.2. The third kappa shape index (κ3) is 5.29. The Kier molecular flexibility index (Phi) is 7.16. The zero-order valence-electron chi connectivity index (χ0n) is 18.3. The SMILES string of the molecule is COc1ccc(-n2c(SCC(=O)Nc3cc(OC)cc(OC)c3)nnc2-c2cccs2)cc1. The maximum absolute atomic E-state index is 12.7. The van der Waals surface area contributed by atoms with Gasteiger partial charge in [-0.3, -0.25) is 9.36 Å². The van der Waals surface area contributed by atoms with E-state index in [4.69, 9.17) is 14.2 Å². The largest absolute Gasteiger partial charge is 0.497 e. The van der Waals surface area contributed by atoms with Crippen molar-refractivity contribution in [1.29, 1.82) is 0 Å². The fraction of sp³-hybridized carbons (Fsp3) is 0.174. The third-order valence-electron chi connectivity index (χ3n) is 4.67. The van der Waals surface area contributed by atoms with Crippen LogP contribution in [0.5, 0.6) is 17.2 Å². The molecule has 2 aromatic carbocycles. The average Bonchev–Trinajstić information content (AvgIpc) is 3.52. The second-order valence-corrected chi connectivity index (χ2v) is 8.65. The predicted octanol–water partition coefficient (Wildman–Crippen LogP) is 4.75. The van der Waals surface area contributed by atoms with Crippen LogP contribution in [0.3, 0.4) is 0 Å². The fourth-order valence-electron chi connectivity index (χ4n) is 3.10. The van der Waals surface area contributed by atoms with E-state index in [0.717, 1.165) is 22.1 Å². The molecule has 0 saturated carbocycles. The molecule has 4 rings (SSSR count). The van der Waals surface area contributed by atoms with Crippen molar-refractivity contribution >= 4 is 34.7 Å². The van der Waals surface area contributed by atoms with Crippen molar-refractivity contribution in [2.45, 2.75) is 5.16 Å². The lowest BCUT2D eigenvalue weighted by Gasteiger charge is -2.11. The van der Waals surface area contributed by atoms with Crippen molar-refractivity contribution in [3.63, 3.8) is 0 Å². The van der Waals surface area contributed by atoms with Crippen LogP contribution in [0.25, 0.3) is 16.4 Å². The molecule has 0 unspecified atom stereocenters. The minimum atomic E-state index is -0.183. The van der Waals surface area contributed by atoms with E-state index < -0.39 is 0 Å². The first-order valence-corrected chi connectivity index (χ1v) is 11.8.